The van der Waals surface area contributed by atoms with Crippen LogP contribution in [0.5, 0.6) is 5.75 Å². The maximum atomic E-state index is 5.42. The molecule has 0 saturated carbocycles. The summed E-state index contributed by atoms with van der Waals surface area (Å²) in [6.07, 6.45) is 3.60. The van der Waals surface area contributed by atoms with Crippen molar-refractivity contribution in [3.05, 3.63) is 28.8 Å². The molecule has 0 spiro atoms. The highest BCUT2D eigenvalue weighted by molar-refractivity contribution is 5.42. The Morgan fingerprint density at radius 1 is 1.15 bits per heavy atom. The molecule has 0 bridgehead atoms. The van der Waals surface area contributed by atoms with Crippen LogP contribution in [-0.2, 0) is 0 Å². The molecule has 2 atom stereocenters. The van der Waals surface area contributed by atoms with Crippen molar-refractivity contribution in [2.45, 2.75) is 59.9 Å². The standard InChI is InChI=1S/C18H31NO/c1-7-9-19-17(10-13(3)8-2)16-11-15(5)18(20-6)12-14(16)4/h11-13,17,19H,7-10H2,1-6H3. The fourth-order valence-electron chi connectivity index (χ4n) is 2.62. The smallest absolute Gasteiger partial charge is 0.122 e. The molecule has 1 aromatic carbocycles. The zero-order chi connectivity index (χ0) is 15.1. The Morgan fingerprint density at radius 2 is 1.85 bits per heavy atom. The Labute approximate surface area is 124 Å². The quantitative estimate of drug-likeness (QED) is 0.737. The fraction of sp³-hybridized carbons (Fsp3) is 0.667. The second kappa shape index (κ2) is 8.31. The van der Waals surface area contributed by atoms with Crippen molar-refractivity contribution in [3.63, 3.8) is 0 Å². The van der Waals surface area contributed by atoms with Crippen LogP contribution in [0.3, 0.4) is 0 Å². The third kappa shape index (κ3) is 4.52. The molecular formula is C18H31NO. The lowest BCUT2D eigenvalue weighted by Gasteiger charge is -2.25. The fourth-order valence-corrected chi connectivity index (χ4v) is 2.62. The van der Waals surface area contributed by atoms with E-state index in [2.05, 4.69) is 52.1 Å². The molecule has 2 heteroatoms. The first-order valence-electron chi connectivity index (χ1n) is 7.91. The lowest BCUT2D eigenvalue weighted by atomic mass is 9.90. The van der Waals surface area contributed by atoms with Crippen LogP contribution in [-0.4, -0.2) is 13.7 Å². The SMILES string of the molecule is CCCNC(CC(C)CC)c1cc(C)c(OC)cc1C. The minimum Gasteiger partial charge on any atom is -0.496 e. The predicted octanol–water partition coefficient (Wildman–Crippen LogP) is 4.79. The number of hydrogen-bond acceptors (Lipinski definition) is 2. The summed E-state index contributed by atoms with van der Waals surface area (Å²) in [5.41, 5.74) is 3.97. The Hall–Kier alpha value is -1.02. The van der Waals surface area contributed by atoms with Crippen LogP contribution >= 0.6 is 0 Å². The molecule has 20 heavy (non-hydrogen) atoms. The first kappa shape index (κ1) is 17.0. The number of methoxy groups -OCH3 is 1. The molecule has 114 valence electrons. The lowest BCUT2D eigenvalue weighted by Crippen LogP contribution is -2.24. The van der Waals surface area contributed by atoms with Crippen LogP contribution < -0.4 is 10.1 Å². The van der Waals surface area contributed by atoms with Gasteiger partial charge >= 0.3 is 0 Å². The summed E-state index contributed by atoms with van der Waals surface area (Å²) >= 11 is 0. The molecule has 0 amide bonds. The van der Waals surface area contributed by atoms with Gasteiger partial charge in [0.15, 0.2) is 0 Å². The number of benzene rings is 1. The highest BCUT2D eigenvalue weighted by Crippen LogP contribution is 2.30. The van der Waals surface area contributed by atoms with E-state index in [1.165, 1.54) is 36.0 Å². The van der Waals surface area contributed by atoms with Gasteiger partial charge < -0.3 is 10.1 Å². The monoisotopic (exact) mass is 277 g/mol. The number of rotatable bonds is 8. The van der Waals surface area contributed by atoms with Crippen molar-refractivity contribution in [2.75, 3.05) is 13.7 Å². The first-order valence-corrected chi connectivity index (χ1v) is 7.91. The Balaban J connectivity index is 3.02. The maximum Gasteiger partial charge on any atom is 0.122 e. The van der Waals surface area contributed by atoms with E-state index in [1.54, 1.807) is 7.11 Å². The van der Waals surface area contributed by atoms with Crippen molar-refractivity contribution in [1.29, 1.82) is 0 Å². The number of nitrogens with one attached hydrogen (secondary N) is 1. The molecule has 1 rings (SSSR count). The summed E-state index contributed by atoms with van der Waals surface area (Å²) in [5.74, 6) is 1.73. The van der Waals surface area contributed by atoms with Gasteiger partial charge in [0.05, 0.1) is 7.11 Å². The molecule has 0 saturated heterocycles. The van der Waals surface area contributed by atoms with Crippen LogP contribution in [0.2, 0.25) is 0 Å². The average molecular weight is 277 g/mol. The van der Waals surface area contributed by atoms with E-state index < -0.39 is 0 Å². The molecule has 0 fully saturated rings. The van der Waals surface area contributed by atoms with Gasteiger partial charge in [0.2, 0.25) is 0 Å². The van der Waals surface area contributed by atoms with Crippen molar-refractivity contribution in [3.8, 4) is 5.75 Å². The van der Waals surface area contributed by atoms with Crippen LogP contribution in [0.25, 0.3) is 0 Å². The van der Waals surface area contributed by atoms with Gasteiger partial charge in [-0.2, -0.15) is 0 Å². The Kier molecular flexibility index (Phi) is 7.08. The topological polar surface area (TPSA) is 21.3 Å². The van der Waals surface area contributed by atoms with E-state index in [4.69, 9.17) is 4.74 Å². The van der Waals surface area contributed by atoms with E-state index in [1.807, 2.05) is 0 Å². The second-order valence-corrected chi connectivity index (χ2v) is 5.93. The molecule has 0 aromatic heterocycles. The minimum atomic E-state index is 0.453. The molecule has 2 nitrogen and oxygen atoms in total. The third-order valence-corrected chi connectivity index (χ3v) is 4.13. The first-order chi connectivity index (χ1) is 9.53. The molecule has 0 aliphatic carbocycles. The van der Waals surface area contributed by atoms with Gasteiger partial charge in [-0.3, -0.25) is 0 Å². The Morgan fingerprint density at radius 3 is 2.40 bits per heavy atom. The molecule has 1 N–H and O–H groups in total. The van der Waals surface area contributed by atoms with Crippen molar-refractivity contribution in [1.82, 2.24) is 5.32 Å². The zero-order valence-corrected chi connectivity index (χ0v) is 14.0. The second-order valence-electron chi connectivity index (χ2n) is 5.93. The largest absolute Gasteiger partial charge is 0.496 e. The van der Waals surface area contributed by atoms with Crippen molar-refractivity contribution in [2.24, 2.45) is 5.92 Å². The molecule has 1 aromatic rings. The summed E-state index contributed by atoms with van der Waals surface area (Å²) in [7, 11) is 1.74. The summed E-state index contributed by atoms with van der Waals surface area (Å²) in [5, 5.41) is 3.72. The maximum absolute atomic E-state index is 5.42. The summed E-state index contributed by atoms with van der Waals surface area (Å²) in [6.45, 7) is 12.2. The van der Waals surface area contributed by atoms with Gasteiger partial charge in [-0.1, -0.05) is 33.3 Å². The molecule has 0 radical (unpaired) electrons. The molecule has 2 unspecified atom stereocenters. The minimum absolute atomic E-state index is 0.453. The molecule has 0 heterocycles. The molecular weight excluding hydrogens is 246 g/mol. The normalized spacial score (nSPS) is 14.1. The van der Waals surface area contributed by atoms with E-state index in [0.29, 0.717) is 6.04 Å². The average Bonchev–Trinajstić information content (AvgIpc) is 2.45. The summed E-state index contributed by atoms with van der Waals surface area (Å²) < 4.78 is 5.42. The van der Waals surface area contributed by atoms with Gasteiger partial charge in [-0.05, 0) is 61.9 Å². The molecule has 0 aliphatic heterocycles. The summed E-state index contributed by atoms with van der Waals surface area (Å²) in [6, 6.07) is 4.92. The molecule has 0 aliphatic rings. The van der Waals surface area contributed by atoms with Crippen LogP contribution in [0.15, 0.2) is 12.1 Å². The van der Waals surface area contributed by atoms with Gasteiger partial charge in [-0.15, -0.1) is 0 Å². The van der Waals surface area contributed by atoms with Gasteiger partial charge in [0.1, 0.15) is 5.75 Å². The van der Waals surface area contributed by atoms with Crippen molar-refractivity contribution >= 4 is 0 Å². The third-order valence-electron chi connectivity index (χ3n) is 4.13. The van der Waals surface area contributed by atoms with Gasteiger partial charge in [0.25, 0.3) is 0 Å². The van der Waals surface area contributed by atoms with Crippen LogP contribution in [0, 0.1) is 19.8 Å². The van der Waals surface area contributed by atoms with Crippen LogP contribution in [0.1, 0.15) is 62.8 Å². The summed E-state index contributed by atoms with van der Waals surface area (Å²) in [4.78, 5) is 0. The Bertz CT molecular complexity index is 414. The highest BCUT2D eigenvalue weighted by atomic mass is 16.5. The number of aryl methyl sites for hydroxylation is 2. The van der Waals surface area contributed by atoms with E-state index in [0.717, 1.165) is 18.2 Å². The number of hydrogen-bond donors (Lipinski definition) is 1. The van der Waals surface area contributed by atoms with Crippen LogP contribution in [0.4, 0.5) is 0 Å². The predicted molar refractivity (Wildman–Crippen MR) is 87.6 cm³/mol. The van der Waals surface area contributed by atoms with E-state index >= 15 is 0 Å². The van der Waals surface area contributed by atoms with Gasteiger partial charge in [-0.25, -0.2) is 0 Å². The highest BCUT2D eigenvalue weighted by Gasteiger charge is 2.17. The van der Waals surface area contributed by atoms with Gasteiger partial charge in [0, 0.05) is 6.04 Å². The van der Waals surface area contributed by atoms with E-state index in [9.17, 15) is 0 Å². The van der Waals surface area contributed by atoms with E-state index in [-0.39, 0.29) is 0 Å². The lowest BCUT2D eigenvalue weighted by molar-refractivity contribution is 0.397. The number of ether oxygens (including phenoxy) is 1. The van der Waals surface area contributed by atoms with Crippen molar-refractivity contribution < 1.29 is 4.74 Å². The zero-order valence-electron chi connectivity index (χ0n) is 14.0.